The van der Waals surface area contributed by atoms with Crippen LogP contribution in [0.3, 0.4) is 0 Å². The summed E-state index contributed by atoms with van der Waals surface area (Å²) in [5.74, 6) is 0.322. The number of sulfone groups is 1. The average Bonchev–Trinajstić information content (AvgIpc) is 3.32. The lowest BCUT2D eigenvalue weighted by Gasteiger charge is -2.16. The second-order valence-corrected chi connectivity index (χ2v) is 11.9. The summed E-state index contributed by atoms with van der Waals surface area (Å²) >= 11 is 1.17. The number of carbonyl (C=O) groups excluding carboxylic acids is 1. The van der Waals surface area contributed by atoms with Crippen molar-refractivity contribution in [1.82, 2.24) is 4.98 Å². The molecule has 1 N–H and O–H groups in total. The lowest BCUT2D eigenvalue weighted by molar-refractivity contribution is -0.137. The smallest absolute Gasteiger partial charge is 0.324 e. The highest BCUT2D eigenvalue weighted by Crippen LogP contribution is 2.34. The molecule has 1 fully saturated rings. The van der Waals surface area contributed by atoms with Gasteiger partial charge in [-0.25, -0.2) is 13.4 Å². The Morgan fingerprint density at radius 3 is 2.66 bits per heavy atom. The standard InChI is InChI=1S/C25H29F3N2O3S2/c1-2-22(19-9-5-10-20(17-19)25(26,27)28)35(32,33)16-15-34-24-21(11-6-14-29-24)30-23(31)13-12-18-7-3-4-8-18/h2,5-6,9-11,14,17-18,22H,1,3-4,7-8,12-13,15-16H2,(H,30,31). The fourth-order valence-corrected chi connectivity index (χ4v) is 7.19. The van der Waals surface area contributed by atoms with Gasteiger partial charge in [0.25, 0.3) is 0 Å². The van der Waals surface area contributed by atoms with Gasteiger partial charge >= 0.3 is 6.18 Å². The highest BCUT2D eigenvalue weighted by molar-refractivity contribution is 8.00. The van der Waals surface area contributed by atoms with Crippen LogP contribution in [0.15, 0.2) is 60.3 Å². The summed E-state index contributed by atoms with van der Waals surface area (Å²) < 4.78 is 65.0. The molecule has 2 aromatic rings. The number of nitrogens with zero attached hydrogens (tertiary/aromatic N) is 1. The number of hydrogen-bond acceptors (Lipinski definition) is 5. The average molecular weight is 527 g/mol. The van der Waals surface area contributed by atoms with Crippen LogP contribution in [0.25, 0.3) is 0 Å². The Labute approximate surface area is 208 Å². The van der Waals surface area contributed by atoms with Gasteiger partial charge in [0, 0.05) is 18.4 Å². The van der Waals surface area contributed by atoms with Crippen molar-refractivity contribution in [3.8, 4) is 0 Å². The Balaban J connectivity index is 1.60. The molecule has 1 aliphatic carbocycles. The lowest BCUT2D eigenvalue weighted by Crippen LogP contribution is -2.18. The summed E-state index contributed by atoms with van der Waals surface area (Å²) in [6.07, 6.45) is 4.19. The van der Waals surface area contributed by atoms with E-state index >= 15 is 0 Å². The fraction of sp³-hybridized carbons (Fsp3) is 0.440. The molecule has 35 heavy (non-hydrogen) atoms. The van der Waals surface area contributed by atoms with E-state index in [0.29, 0.717) is 23.1 Å². The minimum Gasteiger partial charge on any atom is -0.324 e. The first kappa shape index (κ1) is 27.3. The molecule has 1 aromatic heterocycles. The van der Waals surface area contributed by atoms with Gasteiger partial charge in [-0.15, -0.1) is 18.3 Å². The van der Waals surface area contributed by atoms with Crippen LogP contribution in [0.2, 0.25) is 0 Å². The molecule has 0 saturated heterocycles. The summed E-state index contributed by atoms with van der Waals surface area (Å²) in [6, 6.07) is 7.69. The highest BCUT2D eigenvalue weighted by Gasteiger charge is 2.32. The van der Waals surface area contributed by atoms with E-state index < -0.39 is 26.8 Å². The number of pyridine rings is 1. The zero-order valence-corrected chi connectivity index (χ0v) is 20.9. The maximum Gasteiger partial charge on any atom is 0.416 e. The lowest BCUT2D eigenvalue weighted by atomic mass is 10.0. The fourth-order valence-electron chi connectivity index (χ4n) is 4.21. The first-order valence-corrected chi connectivity index (χ1v) is 14.2. The number of nitrogens with one attached hydrogen (secondary N) is 1. The molecular formula is C25H29F3N2O3S2. The highest BCUT2D eigenvalue weighted by atomic mass is 32.2. The Morgan fingerprint density at radius 2 is 1.97 bits per heavy atom. The summed E-state index contributed by atoms with van der Waals surface area (Å²) in [7, 11) is -3.83. The Morgan fingerprint density at radius 1 is 1.23 bits per heavy atom. The van der Waals surface area contributed by atoms with Gasteiger partial charge in [-0.3, -0.25) is 4.79 Å². The van der Waals surface area contributed by atoms with E-state index in [4.69, 9.17) is 0 Å². The number of rotatable bonds is 11. The van der Waals surface area contributed by atoms with Gasteiger partial charge in [0.05, 0.1) is 17.0 Å². The van der Waals surface area contributed by atoms with E-state index in [-0.39, 0.29) is 23.0 Å². The van der Waals surface area contributed by atoms with Crippen molar-refractivity contribution in [1.29, 1.82) is 0 Å². The molecule has 1 aliphatic rings. The Bertz CT molecular complexity index is 1130. The summed E-state index contributed by atoms with van der Waals surface area (Å²) in [4.78, 5) is 16.7. The minimum atomic E-state index is -4.57. The molecule has 0 aliphatic heterocycles. The number of carbonyl (C=O) groups is 1. The Hall–Kier alpha value is -2.33. The first-order valence-electron chi connectivity index (χ1n) is 11.5. The number of anilines is 1. The van der Waals surface area contributed by atoms with Crippen molar-refractivity contribution in [3.63, 3.8) is 0 Å². The Kier molecular flexibility index (Phi) is 9.40. The number of hydrogen-bond donors (Lipinski definition) is 1. The van der Waals surface area contributed by atoms with Crippen molar-refractivity contribution in [3.05, 3.63) is 66.4 Å². The van der Waals surface area contributed by atoms with Crippen LogP contribution < -0.4 is 5.32 Å². The zero-order valence-electron chi connectivity index (χ0n) is 19.3. The summed E-state index contributed by atoms with van der Waals surface area (Å²) in [6.45, 7) is 3.53. The molecule has 3 rings (SSSR count). The third-order valence-electron chi connectivity index (χ3n) is 6.05. The van der Waals surface area contributed by atoms with Gasteiger partial charge < -0.3 is 5.32 Å². The monoisotopic (exact) mass is 526 g/mol. The van der Waals surface area contributed by atoms with E-state index in [9.17, 15) is 26.4 Å². The number of thioether (sulfide) groups is 1. The van der Waals surface area contributed by atoms with Crippen molar-refractivity contribution >= 4 is 33.2 Å². The van der Waals surface area contributed by atoms with Gasteiger partial charge in [-0.1, -0.05) is 50.0 Å². The van der Waals surface area contributed by atoms with E-state index in [1.165, 1.54) is 49.6 Å². The minimum absolute atomic E-state index is 0.0212. The predicted molar refractivity (Wildman–Crippen MR) is 133 cm³/mol. The summed E-state index contributed by atoms with van der Waals surface area (Å²) in [5.41, 5.74) is -0.370. The SMILES string of the molecule is C=CC(c1cccc(C(F)(F)F)c1)S(=O)(=O)CCSc1ncccc1NC(=O)CCC1CCCC1. The number of amides is 1. The van der Waals surface area contributed by atoms with Crippen LogP contribution in [-0.2, 0) is 20.8 Å². The van der Waals surface area contributed by atoms with Gasteiger partial charge in [0.2, 0.25) is 5.91 Å². The van der Waals surface area contributed by atoms with Crippen LogP contribution >= 0.6 is 11.8 Å². The van der Waals surface area contributed by atoms with Crippen LogP contribution in [0.5, 0.6) is 0 Å². The molecule has 1 atom stereocenters. The van der Waals surface area contributed by atoms with E-state index in [0.717, 1.165) is 24.6 Å². The van der Waals surface area contributed by atoms with E-state index in [2.05, 4.69) is 16.9 Å². The van der Waals surface area contributed by atoms with Crippen molar-refractivity contribution in [2.24, 2.45) is 5.92 Å². The maximum atomic E-state index is 13.1. The van der Waals surface area contributed by atoms with Gasteiger partial charge in [-0.2, -0.15) is 13.2 Å². The topological polar surface area (TPSA) is 76.1 Å². The molecule has 190 valence electrons. The molecular weight excluding hydrogens is 497 g/mol. The number of aromatic nitrogens is 1. The van der Waals surface area contributed by atoms with Gasteiger partial charge in [0.1, 0.15) is 10.3 Å². The van der Waals surface area contributed by atoms with Crippen molar-refractivity contribution < 1.29 is 26.4 Å². The molecule has 0 bridgehead atoms. The predicted octanol–water partition coefficient (Wildman–Crippen LogP) is 6.44. The van der Waals surface area contributed by atoms with Crippen LogP contribution in [0.1, 0.15) is 54.9 Å². The van der Waals surface area contributed by atoms with Gasteiger partial charge in [0.15, 0.2) is 9.84 Å². The number of halogens is 3. The molecule has 0 spiro atoms. The van der Waals surface area contributed by atoms with Gasteiger partial charge in [-0.05, 0) is 36.1 Å². The number of benzene rings is 1. The van der Waals surface area contributed by atoms with Crippen LogP contribution in [0.4, 0.5) is 18.9 Å². The molecule has 0 radical (unpaired) electrons. The molecule has 1 heterocycles. The van der Waals surface area contributed by atoms with Crippen LogP contribution in [0, 0.1) is 5.92 Å². The summed E-state index contributed by atoms with van der Waals surface area (Å²) in [5, 5.41) is 2.10. The van der Waals surface area contributed by atoms with E-state index in [1.807, 2.05) is 0 Å². The molecule has 1 unspecified atom stereocenters. The molecule has 1 amide bonds. The van der Waals surface area contributed by atoms with Crippen molar-refractivity contribution in [2.75, 3.05) is 16.8 Å². The third-order valence-corrected chi connectivity index (χ3v) is 9.33. The zero-order chi connectivity index (χ0) is 25.5. The molecule has 1 saturated carbocycles. The van der Waals surface area contributed by atoms with E-state index in [1.54, 1.807) is 18.3 Å². The largest absolute Gasteiger partial charge is 0.416 e. The molecule has 1 aromatic carbocycles. The van der Waals surface area contributed by atoms with Crippen LogP contribution in [-0.4, -0.2) is 30.8 Å². The first-order chi connectivity index (χ1) is 16.6. The molecule has 5 nitrogen and oxygen atoms in total. The maximum absolute atomic E-state index is 13.1. The third kappa shape index (κ3) is 7.83. The van der Waals surface area contributed by atoms with Crippen molar-refractivity contribution in [2.45, 2.75) is 55.0 Å². The number of alkyl halides is 3. The molecule has 10 heteroatoms. The quantitative estimate of drug-likeness (QED) is 0.269. The normalized spacial score (nSPS) is 15.6. The second-order valence-electron chi connectivity index (χ2n) is 8.59. The second kappa shape index (κ2) is 12.1.